The van der Waals surface area contributed by atoms with Gasteiger partial charge < -0.3 is 24.3 Å². The van der Waals surface area contributed by atoms with Crippen molar-refractivity contribution in [3.63, 3.8) is 0 Å². The number of rotatable bonds is 7. The molecule has 3 rings (SSSR count). The number of ether oxygens (including phenoxy) is 4. The molecule has 0 spiro atoms. The smallest absolute Gasteiger partial charge is 0.340 e. The largest absolute Gasteiger partial charge is 0.493 e. The molecule has 0 saturated heterocycles. The van der Waals surface area contributed by atoms with Crippen molar-refractivity contribution in [1.82, 2.24) is 0 Å². The minimum atomic E-state index is -0.625. The second kappa shape index (κ2) is 9.47. The summed E-state index contributed by atoms with van der Waals surface area (Å²) < 4.78 is 21.2. The van der Waals surface area contributed by atoms with Crippen LogP contribution in [0.25, 0.3) is 0 Å². The number of esters is 1. The van der Waals surface area contributed by atoms with Crippen LogP contribution in [0.5, 0.6) is 23.0 Å². The number of hydrogen-bond acceptors (Lipinski definition) is 6. The maximum atomic E-state index is 13.0. The van der Waals surface area contributed by atoms with Crippen LogP contribution in [0.15, 0.2) is 66.7 Å². The van der Waals surface area contributed by atoms with Crippen molar-refractivity contribution in [1.29, 1.82) is 0 Å². The molecular weight excluding hydrogens is 386 g/mol. The zero-order chi connectivity index (χ0) is 21.5. The molecular formula is C23H21NO6. The molecule has 30 heavy (non-hydrogen) atoms. The highest BCUT2D eigenvalue weighted by molar-refractivity contribution is 6.09. The van der Waals surface area contributed by atoms with E-state index in [9.17, 15) is 9.59 Å². The number of carbonyl (C=O) groups is 2. The Morgan fingerprint density at radius 3 is 2.03 bits per heavy atom. The van der Waals surface area contributed by atoms with Crippen molar-refractivity contribution >= 4 is 17.6 Å². The summed E-state index contributed by atoms with van der Waals surface area (Å²) in [6.07, 6.45) is 0. The molecule has 0 atom stereocenters. The Bertz CT molecular complexity index is 1050. The number of nitrogens with one attached hydrogen (secondary N) is 1. The van der Waals surface area contributed by atoms with Gasteiger partial charge >= 0.3 is 5.97 Å². The first-order valence-electron chi connectivity index (χ1n) is 9.05. The fourth-order valence-corrected chi connectivity index (χ4v) is 2.81. The number of methoxy groups -OCH3 is 3. The lowest BCUT2D eigenvalue weighted by atomic mass is 10.1. The van der Waals surface area contributed by atoms with Gasteiger partial charge in [-0.1, -0.05) is 30.3 Å². The number of para-hydroxylation sites is 2. The van der Waals surface area contributed by atoms with Gasteiger partial charge in [0.2, 0.25) is 0 Å². The van der Waals surface area contributed by atoms with E-state index in [0.717, 1.165) is 0 Å². The average Bonchev–Trinajstić information content (AvgIpc) is 2.79. The topological polar surface area (TPSA) is 83.1 Å². The summed E-state index contributed by atoms with van der Waals surface area (Å²) in [5, 5.41) is 2.74. The van der Waals surface area contributed by atoms with E-state index >= 15 is 0 Å². The number of hydrogen-bond donors (Lipinski definition) is 1. The van der Waals surface area contributed by atoms with E-state index in [-0.39, 0.29) is 11.3 Å². The highest BCUT2D eigenvalue weighted by Crippen LogP contribution is 2.34. The first-order valence-corrected chi connectivity index (χ1v) is 9.05. The van der Waals surface area contributed by atoms with E-state index in [1.807, 2.05) is 18.2 Å². The van der Waals surface area contributed by atoms with Crippen LogP contribution in [0.3, 0.4) is 0 Å². The molecule has 0 aromatic heterocycles. The highest BCUT2D eigenvalue weighted by Gasteiger charge is 2.21. The summed E-state index contributed by atoms with van der Waals surface area (Å²) in [7, 11) is 4.17. The van der Waals surface area contributed by atoms with E-state index in [4.69, 9.17) is 18.9 Å². The van der Waals surface area contributed by atoms with Gasteiger partial charge in [0.25, 0.3) is 5.91 Å². The van der Waals surface area contributed by atoms with Crippen molar-refractivity contribution in [3.8, 4) is 23.0 Å². The molecule has 0 aliphatic carbocycles. The van der Waals surface area contributed by atoms with Gasteiger partial charge in [0.15, 0.2) is 11.5 Å². The van der Waals surface area contributed by atoms with Crippen molar-refractivity contribution in [2.45, 2.75) is 0 Å². The third-order valence-electron chi connectivity index (χ3n) is 4.28. The van der Waals surface area contributed by atoms with Gasteiger partial charge in [-0.25, -0.2) is 4.79 Å². The molecule has 0 aliphatic heterocycles. The van der Waals surface area contributed by atoms with Crippen molar-refractivity contribution in [3.05, 3.63) is 77.9 Å². The van der Waals surface area contributed by atoms with Crippen LogP contribution in [0.2, 0.25) is 0 Å². The van der Waals surface area contributed by atoms with Crippen molar-refractivity contribution in [2.75, 3.05) is 26.6 Å². The van der Waals surface area contributed by atoms with E-state index < -0.39 is 11.9 Å². The summed E-state index contributed by atoms with van der Waals surface area (Å²) >= 11 is 0. The third kappa shape index (κ3) is 4.52. The number of benzene rings is 3. The molecule has 0 heterocycles. The standard InChI is InChI=1S/C23H21NO6/c1-27-20-13-17(23(26)29-3)18(14-21(20)28-2)24-22(25)16-11-7-8-12-19(16)30-15-9-5-4-6-10-15/h4-14H,1-3H3,(H,24,25). The predicted molar refractivity (Wildman–Crippen MR) is 112 cm³/mol. The Hall–Kier alpha value is -4.00. The van der Waals surface area contributed by atoms with Crippen molar-refractivity contribution < 1.29 is 28.5 Å². The zero-order valence-electron chi connectivity index (χ0n) is 16.8. The minimum absolute atomic E-state index is 0.130. The van der Waals surface area contributed by atoms with Crippen molar-refractivity contribution in [2.24, 2.45) is 0 Å². The quantitative estimate of drug-likeness (QED) is 0.579. The van der Waals surface area contributed by atoms with Crippen LogP contribution >= 0.6 is 0 Å². The van der Waals surface area contributed by atoms with Gasteiger partial charge in [0.05, 0.1) is 38.1 Å². The lowest BCUT2D eigenvalue weighted by Gasteiger charge is -2.16. The Morgan fingerprint density at radius 2 is 1.37 bits per heavy atom. The Balaban J connectivity index is 1.95. The van der Waals surface area contributed by atoms with E-state index in [1.165, 1.54) is 33.5 Å². The summed E-state index contributed by atoms with van der Waals surface area (Å²) in [6.45, 7) is 0. The molecule has 0 radical (unpaired) electrons. The minimum Gasteiger partial charge on any atom is -0.493 e. The lowest BCUT2D eigenvalue weighted by molar-refractivity contribution is 0.0601. The molecule has 7 nitrogen and oxygen atoms in total. The average molecular weight is 407 g/mol. The van der Waals surface area contributed by atoms with Gasteiger partial charge in [0.1, 0.15) is 11.5 Å². The molecule has 0 bridgehead atoms. The fourth-order valence-electron chi connectivity index (χ4n) is 2.81. The van der Waals surface area contributed by atoms with Gasteiger partial charge in [-0.05, 0) is 24.3 Å². The maximum absolute atomic E-state index is 13.0. The summed E-state index contributed by atoms with van der Waals surface area (Å²) in [5.74, 6) is 0.581. The number of carbonyl (C=O) groups excluding carboxylic acids is 2. The molecule has 1 amide bonds. The Labute approximate surface area is 174 Å². The predicted octanol–water partition coefficient (Wildman–Crippen LogP) is 4.54. The molecule has 154 valence electrons. The second-order valence-electron chi connectivity index (χ2n) is 6.11. The van der Waals surface area contributed by atoms with Gasteiger partial charge in [-0.15, -0.1) is 0 Å². The van der Waals surface area contributed by atoms with Crippen LogP contribution in [0.1, 0.15) is 20.7 Å². The van der Waals surface area contributed by atoms with Gasteiger partial charge in [0, 0.05) is 12.1 Å². The van der Waals surface area contributed by atoms with Crippen LogP contribution < -0.4 is 19.5 Å². The second-order valence-corrected chi connectivity index (χ2v) is 6.11. The molecule has 7 heteroatoms. The molecule has 0 saturated carbocycles. The van der Waals surface area contributed by atoms with Crippen LogP contribution in [-0.2, 0) is 4.74 Å². The molecule has 0 unspecified atom stereocenters. The normalized spacial score (nSPS) is 10.1. The number of anilines is 1. The Kier molecular flexibility index (Phi) is 6.54. The maximum Gasteiger partial charge on any atom is 0.340 e. The molecule has 1 N–H and O–H groups in total. The molecule has 3 aromatic carbocycles. The van der Waals surface area contributed by atoms with Crippen LogP contribution in [0, 0.1) is 0 Å². The molecule has 3 aromatic rings. The lowest BCUT2D eigenvalue weighted by Crippen LogP contribution is -2.16. The summed E-state index contributed by atoms with van der Waals surface area (Å²) in [4.78, 5) is 25.3. The summed E-state index contributed by atoms with van der Waals surface area (Å²) in [6, 6.07) is 18.9. The monoisotopic (exact) mass is 407 g/mol. The zero-order valence-corrected chi connectivity index (χ0v) is 16.8. The SMILES string of the molecule is COC(=O)c1cc(OC)c(OC)cc1NC(=O)c1ccccc1Oc1ccccc1. The molecule has 0 fully saturated rings. The van der Waals surface area contributed by atoms with Crippen LogP contribution in [-0.4, -0.2) is 33.2 Å². The van der Waals surface area contributed by atoms with E-state index in [2.05, 4.69) is 5.32 Å². The fraction of sp³-hybridized carbons (Fsp3) is 0.130. The van der Waals surface area contributed by atoms with Crippen LogP contribution in [0.4, 0.5) is 5.69 Å². The molecule has 0 aliphatic rings. The summed E-state index contributed by atoms with van der Waals surface area (Å²) in [5.41, 5.74) is 0.649. The first-order chi connectivity index (χ1) is 14.6. The first kappa shape index (κ1) is 20.7. The highest BCUT2D eigenvalue weighted by atomic mass is 16.5. The van der Waals surface area contributed by atoms with Gasteiger partial charge in [-0.2, -0.15) is 0 Å². The van der Waals surface area contributed by atoms with E-state index in [1.54, 1.807) is 36.4 Å². The Morgan fingerprint density at radius 1 is 0.733 bits per heavy atom. The third-order valence-corrected chi connectivity index (χ3v) is 4.28. The van der Waals surface area contributed by atoms with Gasteiger partial charge in [-0.3, -0.25) is 4.79 Å². The van der Waals surface area contributed by atoms with E-state index in [0.29, 0.717) is 28.6 Å². The number of amides is 1.